The Morgan fingerprint density at radius 1 is 1.44 bits per heavy atom. The maximum Gasteiger partial charge on any atom is 0.163 e. The number of fused-ring (bicyclic) bond motifs is 1. The zero-order chi connectivity index (χ0) is 12.9. The zero-order valence-corrected chi connectivity index (χ0v) is 11.4. The van der Waals surface area contributed by atoms with Crippen molar-refractivity contribution in [1.82, 2.24) is 19.7 Å². The Labute approximate surface area is 111 Å². The highest BCUT2D eigenvalue weighted by Gasteiger charge is 2.47. The highest BCUT2D eigenvalue weighted by molar-refractivity contribution is 6.22. The highest BCUT2D eigenvalue weighted by Crippen LogP contribution is 2.45. The van der Waals surface area contributed by atoms with Gasteiger partial charge in [0.1, 0.15) is 12.1 Å². The average Bonchev–Trinajstić information content (AvgIpc) is 2.72. The van der Waals surface area contributed by atoms with Crippen molar-refractivity contribution in [2.75, 3.05) is 5.32 Å². The maximum absolute atomic E-state index is 6.23. The first-order valence-electron chi connectivity index (χ1n) is 6.03. The Kier molecular flexibility index (Phi) is 2.48. The second-order valence-electron chi connectivity index (χ2n) is 5.45. The van der Waals surface area contributed by atoms with E-state index >= 15 is 0 Å². The molecule has 0 saturated heterocycles. The number of rotatable bonds is 2. The molecule has 1 saturated carbocycles. The molecule has 3 rings (SSSR count). The van der Waals surface area contributed by atoms with Crippen LogP contribution in [0.1, 0.15) is 20.3 Å². The number of anilines is 1. The number of alkyl halides is 1. The minimum absolute atomic E-state index is 0.0844. The molecule has 2 unspecified atom stereocenters. The second kappa shape index (κ2) is 3.82. The molecule has 18 heavy (non-hydrogen) atoms. The van der Waals surface area contributed by atoms with Crippen molar-refractivity contribution in [1.29, 1.82) is 0 Å². The van der Waals surface area contributed by atoms with E-state index in [4.69, 9.17) is 11.6 Å². The van der Waals surface area contributed by atoms with Gasteiger partial charge in [-0.25, -0.2) is 9.97 Å². The normalized spacial score (nSPS) is 26.0. The molecular weight excluding hydrogens is 250 g/mol. The summed E-state index contributed by atoms with van der Waals surface area (Å²) in [6.07, 6.45) is 4.32. The van der Waals surface area contributed by atoms with Crippen molar-refractivity contribution in [3.8, 4) is 0 Å². The van der Waals surface area contributed by atoms with Gasteiger partial charge in [0.15, 0.2) is 5.65 Å². The summed E-state index contributed by atoms with van der Waals surface area (Å²) < 4.78 is 1.75. The number of hydrogen-bond acceptors (Lipinski definition) is 4. The van der Waals surface area contributed by atoms with Gasteiger partial charge in [-0.05, 0) is 6.42 Å². The fourth-order valence-electron chi connectivity index (χ4n) is 2.36. The van der Waals surface area contributed by atoms with Crippen LogP contribution in [-0.2, 0) is 7.05 Å². The molecule has 2 atom stereocenters. The number of nitrogens with one attached hydrogen (secondary N) is 1. The summed E-state index contributed by atoms with van der Waals surface area (Å²) in [5, 5.41) is 8.85. The lowest BCUT2D eigenvalue weighted by molar-refractivity contribution is 0.168. The Bertz CT molecular complexity index is 591. The Balaban J connectivity index is 1.92. The van der Waals surface area contributed by atoms with E-state index in [1.807, 2.05) is 7.05 Å². The molecule has 0 bridgehead atoms. The highest BCUT2D eigenvalue weighted by atomic mass is 35.5. The molecule has 2 heterocycles. The molecule has 96 valence electrons. The van der Waals surface area contributed by atoms with Gasteiger partial charge in [0.2, 0.25) is 0 Å². The van der Waals surface area contributed by atoms with Crippen molar-refractivity contribution >= 4 is 28.5 Å². The van der Waals surface area contributed by atoms with Crippen LogP contribution in [0.15, 0.2) is 12.5 Å². The van der Waals surface area contributed by atoms with Crippen LogP contribution in [0.4, 0.5) is 5.82 Å². The minimum Gasteiger partial charge on any atom is -0.366 e. The number of hydrogen-bond donors (Lipinski definition) is 1. The summed E-state index contributed by atoms with van der Waals surface area (Å²) in [7, 11) is 1.88. The first-order chi connectivity index (χ1) is 8.50. The van der Waals surface area contributed by atoms with Crippen molar-refractivity contribution in [3.63, 3.8) is 0 Å². The van der Waals surface area contributed by atoms with Crippen molar-refractivity contribution in [2.45, 2.75) is 31.7 Å². The lowest BCUT2D eigenvalue weighted by atomic mass is 9.67. The second-order valence-corrected chi connectivity index (χ2v) is 5.98. The van der Waals surface area contributed by atoms with Gasteiger partial charge in [-0.3, -0.25) is 4.68 Å². The van der Waals surface area contributed by atoms with Crippen LogP contribution >= 0.6 is 11.6 Å². The number of halogens is 1. The summed E-state index contributed by atoms with van der Waals surface area (Å²) >= 11 is 6.23. The fraction of sp³-hybridized carbons (Fsp3) is 0.583. The Morgan fingerprint density at radius 3 is 2.89 bits per heavy atom. The third-order valence-electron chi connectivity index (χ3n) is 3.99. The Hall–Kier alpha value is -1.36. The van der Waals surface area contributed by atoms with Gasteiger partial charge in [0.05, 0.1) is 11.6 Å². The van der Waals surface area contributed by atoms with Crippen molar-refractivity contribution < 1.29 is 0 Å². The topological polar surface area (TPSA) is 55.6 Å². The van der Waals surface area contributed by atoms with Gasteiger partial charge in [-0.15, -0.1) is 11.6 Å². The van der Waals surface area contributed by atoms with Crippen LogP contribution in [0.2, 0.25) is 0 Å². The molecule has 1 fully saturated rings. The van der Waals surface area contributed by atoms with E-state index in [0.717, 1.165) is 23.3 Å². The van der Waals surface area contributed by atoms with E-state index in [-0.39, 0.29) is 10.8 Å². The predicted octanol–water partition coefficient (Wildman–Crippen LogP) is 2.18. The van der Waals surface area contributed by atoms with Crippen LogP contribution in [0.3, 0.4) is 0 Å². The van der Waals surface area contributed by atoms with Crippen molar-refractivity contribution in [2.24, 2.45) is 12.5 Å². The largest absolute Gasteiger partial charge is 0.366 e. The SMILES string of the molecule is Cn1ncc2c(NC3CC(Cl)C3(C)C)ncnc21. The van der Waals surface area contributed by atoms with E-state index in [2.05, 4.69) is 34.2 Å². The molecule has 1 N–H and O–H groups in total. The quantitative estimate of drug-likeness (QED) is 0.846. The monoisotopic (exact) mass is 265 g/mol. The standard InChI is InChI=1S/C12H16ClN5/c1-12(2)8(13)4-9(12)17-10-7-5-16-18(3)11(7)15-6-14-10/h5-6,8-9H,4H2,1-3H3,(H,14,15,17). The summed E-state index contributed by atoms with van der Waals surface area (Å²) in [5.74, 6) is 0.842. The lowest BCUT2D eigenvalue weighted by Gasteiger charge is -2.49. The van der Waals surface area contributed by atoms with Crippen LogP contribution in [0.5, 0.6) is 0 Å². The predicted molar refractivity (Wildman–Crippen MR) is 71.8 cm³/mol. The average molecular weight is 266 g/mol. The molecule has 0 spiro atoms. The third-order valence-corrected chi connectivity index (χ3v) is 4.73. The summed E-state index contributed by atoms with van der Waals surface area (Å²) in [6, 6.07) is 0.346. The molecule has 0 aromatic carbocycles. The van der Waals surface area contributed by atoms with Gasteiger partial charge in [-0.2, -0.15) is 5.10 Å². The third kappa shape index (κ3) is 1.57. The number of aryl methyl sites for hydroxylation is 1. The summed E-state index contributed by atoms with van der Waals surface area (Å²) in [4.78, 5) is 8.54. The van der Waals surface area contributed by atoms with E-state index in [1.54, 1.807) is 17.2 Å². The minimum atomic E-state index is 0.0844. The molecule has 0 radical (unpaired) electrons. The molecule has 1 aliphatic carbocycles. The smallest absolute Gasteiger partial charge is 0.163 e. The first-order valence-corrected chi connectivity index (χ1v) is 6.47. The summed E-state index contributed by atoms with van der Waals surface area (Å²) in [5.41, 5.74) is 0.924. The first kappa shape index (κ1) is 11.7. The number of aromatic nitrogens is 4. The van der Waals surface area contributed by atoms with Gasteiger partial charge in [0, 0.05) is 23.9 Å². The van der Waals surface area contributed by atoms with E-state index in [9.17, 15) is 0 Å². The molecule has 5 nitrogen and oxygen atoms in total. The van der Waals surface area contributed by atoms with E-state index < -0.39 is 0 Å². The van der Waals surface area contributed by atoms with Gasteiger partial charge >= 0.3 is 0 Å². The van der Waals surface area contributed by atoms with Gasteiger partial charge in [0.25, 0.3) is 0 Å². The molecule has 1 aliphatic rings. The van der Waals surface area contributed by atoms with Crippen molar-refractivity contribution in [3.05, 3.63) is 12.5 Å². The lowest BCUT2D eigenvalue weighted by Crippen LogP contribution is -2.54. The fourth-order valence-corrected chi connectivity index (χ4v) is 2.69. The van der Waals surface area contributed by atoms with Crippen LogP contribution < -0.4 is 5.32 Å². The zero-order valence-electron chi connectivity index (χ0n) is 10.7. The van der Waals surface area contributed by atoms with Crippen LogP contribution in [-0.4, -0.2) is 31.2 Å². The Morgan fingerprint density at radius 2 is 2.22 bits per heavy atom. The van der Waals surface area contributed by atoms with Gasteiger partial charge in [-0.1, -0.05) is 13.8 Å². The molecule has 0 amide bonds. The summed E-state index contributed by atoms with van der Waals surface area (Å²) in [6.45, 7) is 4.35. The maximum atomic E-state index is 6.23. The van der Waals surface area contributed by atoms with E-state index in [0.29, 0.717) is 6.04 Å². The molecular formula is C12H16ClN5. The molecule has 6 heteroatoms. The van der Waals surface area contributed by atoms with Crippen LogP contribution in [0.25, 0.3) is 11.0 Å². The molecule has 0 aliphatic heterocycles. The molecule has 2 aromatic heterocycles. The van der Waals surface area contributed by atoms with Gasteiger partial charge < -0.3 is 5.32 Å². The van der Waals surface area contributed by atoms with Crippen LogP contribution in [0, 0.1) is 5.41 Å². The molecule has 2 aromatic rings. The number of nitrogens with zero attached hydrogens (tertiary/aromatic N) is 4. The van der Waals surface area contributed by atoms with E-state index in [1.165, 1.54) is 0 Å².